The fourth-order valence-corrected chi connectivity index (χ4v) is 4.96. The Morgan fingerprint density at radius 2 is 1.82 bits per heavy atom. The summed E-state index contributed by atoms with van der Waals surface area (Å²) in [7, 11) is 3.64. The van der Waals surface area contributed by atoms with E-state index in [2.05, 4.69) is 34.1 Å². The van der Waals surface area contributed by atoms with Crippen LogP contribution in [0.15, 0.2) is 30.3 Å². The minimum absolute atomic E-state index is 0.0115. The maximum absolute atomic E-state index is 13.2. The van der Waals surface area contributed by atoms with Crippen LogP contribution in [0.3, 0.4) is 0 Å². The standard InChI is InChI=1S/C23H33N3O2/c1-24(2)21(27)10-13-25-14-11-23(12-15-25)16-20(18-6-4-3-5-7-18)22(28)26(17-23)19-8-9-19/h3-7,19-20H,8-17H2,1-2H3. The van der Waals surface area contributed by atoms with Gasteiger partial charge in [0, 0.05) is 39.6 Å². The number of likely N-dealkylation sites (tertiary alicyclic amines) is 2. The molecular formula is C23H33N3O2. The third-order valence-electron chi connectivity index (χ3n) is 6.97. The Balaban J connectivity index is 1.44. The van der Waals surface area contributed by atoms with Crippen LogP contribution < -0.4 is 0 Å². The number of nitrogens with zero attached hydrogens (tertiary/aromatic N) is 3. The van der Waals surface area contributed by atoms with Crippen molar-refractivity contribution in [2.45, 2.75) is 50.5 Å². The molecule has 1 atom stereocenters. The zero-order valence-corrected chi connectivity index (χ0v) is 17.3. The molecule has 3 fully saturated rings. The Hall–Kier alpha value is -1.88. The average molecular weight is 384 g/mol. The van der Waals surface area contributed by atoms with E-state index in [9.17, 15) is 9.59 Å². The minimum atomic E-state index is 0.0115. The predicted octanol–water partition coefficient (Wildman–Crippen LogP) is 2.73. The molecule has 5 heteroatoms. The normalized spacial score (nSPS) is 25.1. The van der Waals surface area contributed by atoms with Crippen molar-refractivity contribution in [1.82, 2.24) is 14.7 Å². The van der Waals surface area contributed by atoms with Crippen molar-refractivity contribution in [2.24, 2.45) is 5.41 Å². The smallest absolute Gasteiger partial charge is 0.230 e. The van der Waals surface area contributed by atoms with E-state index < -0.39 is 0 Å². The minimum Gasteiger partial charge on any atom is -0.349 e. The molecule has 2 amide bonds. The van der Waals surface area contributed by atoms with Crippen LogP contribution in [0.4, 0.5) is 0 Å². The number of carbonyl (C=O) groups excluding carboxylic acids is 2. The predicted molar refractivity (Wildman–Crippen MR) is 110 cm³/mol. The number of amides is 2. The van der Waals surface area contributed by atoms with Crippen LogP contribution in [-0.2, 0) is 9.59 Å². The van der Waals surface area contributed by atoms with Gasteiger partial charge in [-0.25, -0.2) is 0 Å². The largest absolute Gasteiger partial charge is 0.349 e. The highest BCUT2D eigenvalue weighted by Gasteiger charge is 2.49. The van der Waals surface area contributed by atoms with Crippen LogP contribution in [0.25, 0.3) is 0 Å². The van der Waals surface area contributed by atoms with Gasteiger partial charge in [-0.15, -0.1) is 0 Å². The SMILES string of the molecule is CN(C)C(=O)CCN1CCC2(CC1)CC(c1ccccc1)C(=O)N(C1CC1)C2. The lowest BCUT2D eigenvalue weighted by Crippen LogP contribution is -2.54. The van der Waals surface area contributed by atoms with Gasteiger partial charge >= 0.3 is 0 Å². The molecule has 1 spiro atoms. The first kappa shape index (κ1) is 19.4. The first-order chi connectivity index (χ1) is 13.5. The molecule has 0 aromatic heterocycles. The van der Waals surface area contributed by atoms with Gasteiger partial charge in [0.05, 0.1) is 5.92 Å². The molecule has 1 aromatic rings. The highest BCUT2D eigenvalue weighted by atomic mass is 16.2. The highest BCUT2D eigenvalue weighted by molar-refractivity contribution is 5.85. The monoisotopic (exact) mass is 383 g/mol. The highest BCUT2D eigenvalue weighted by Crippen LogP contribution is 2.48. The van der Waals surface area contributed by atoms with Crippen molar-refractivity contribution in [1.29, 1.82) is 0 Å². The molecule has 0 bridgehead atoms. The molecule has 3 aliphatic rings. The molecule has 2 aliphatic heterocycles. The zero-order chi connectivity index (χ0) is 19.7. The molecule has 1 aliphatic carbocycles. The Bertz CT molecular complexity index is 706. The van der Waals surface area contributed by atoms with Crippen LogP contribution in [0.2, 0.25) is 0 Å². The third kappa shape index (κ3) is 4.09. The van der Waals surface area contributed by atoms with Gasteiger partial charge < -0.3 is 14.7 Å². The summed E-state index contributed by atoms with van der Waals surface area (Å²) in [5.74, 6) is 0.559. The maximum atomic E-state index is 13.2. The summed E-state index contributed by atoms with van der Waals surface area (Å²) in [5, 5.41) is 0. The van der Waals surface area contributed by atoms with E-state index in [-0.39, 0.29) is 17.2 Å². The van der Waals surface area contributed by atoms with Crippen LogP contribution in [0.1, 0.15) is 50.0 Å². The molecule has 1 saturated carbocycles. The molecule has 5 nitrogen and oxygen atoms in total. The van der Waals surface area contributed by atoms with E-state index in [1.165, 1.54) is 18.4 Å². The number of rotatable bonds is 5. The van der Waals surface area contributed by atoms with Crippen molar-refractivity contribution in [3.05, 3.63) is 35.9 Å². The van der Waals surface area contributed by atoms with Crippen molar-refractivity contribution >= 4 is 11.8 Å². The van der Waals surface area contributed by atoms with E-state index in [1.807, 2.05) is 20.2 Å². The lowest BCUT2D eigenvalue weighted by molar-refractivity contribution is -0.142. The first-order valence-electron chi connectivity index (χ1n) is 10.8. The molecule has 2 saturated heterocycles. The second-order valence-electron chi connectivity index (χ2n) is 9.24. The van der Waals surface area contributed by atoms with Crippen molar-refractivity contribution < 1.29 is 9.59 Å². The maximum Gasteiger partial charge on any atom is 0.230 e. The number of hydrogen-bond acceptors (Lipinski definition) is 3. The van der Waals surface area contributed by atoms with Gasteiger partial charge in [-0.3, -0.25) is 9.59 Å². The second-order valence-corrected chi connectivity index (χ2v) is 9.24. The van der Waals surface area contributed by atoms with Crippen molar-refractivity contribution in [2.75, 3.05) is 40.3 Å². The summed E-state index contributed by atoms with van der Waals surface area (Å²) < 4.78 is 0. The van der Waals surface area contributed by atoms with Crippen molar-refractivity contribution in [3.8, 4) is 0 Å². The van der Waals surface area contributed by atoms with Gasteiger partial charge in [0.15, 0.2) is 0 Å². The quantitative estimate of drug-likeness (QED) is 0.785. The second kappa shape index (κ2) is 7.86. The molecule has 4 rings (SSSR count). The Morgan fingerprint density at radius 3 is 2.43 bits per heavy atom. The number of benzene rings is 1. The summed E-state index contributed by atoms with van der Waals surface area (Å²) in [5.41, 5.74) is 1.41. The van der Waals surface area contributed by atoms with E-state index in [1.54, 1.807) is 4.90 Å². The fraction of sp³-hybridized carbons (Fsp3) is 0.652. The van der Waals surface area contributed by atoms with Gasteiger partial charge in [-0.2, -0.15) is 0 Å². The Labute approximate surface area is 168 Å². The van der Waals surface area contributed by atoms with Crippen LogP contribution in [0, 0.1) is 5.41 Å². The molecule has 1 aromatic carbocycles. The van der Waals surface area contributed by atoms with Gasteiger partial charge in [0.2, 0.25) is 11.8 Å². The van der Waals surface area contributed by atoms with E-state index >= 15 is 0 Å². The third-order valence-corrected chi connectivity index (χ3v) is 6.97. The summed E-state index contributed by atoms with van der Waals surface area (Å²) in [6.07, 6.45) is 6.17. The molecule has 0 N–H and O–H groups in total. The van der Waals surface area contributed by atoms with Gasteiger partial charge in [-0.05, 0) is 56.2 Å². The number of piperidine rings is 2. The zero-order valence-electron chi connectivity index (χ0n) is 17.3. The van der Waals surface area contributed by atoms with Gasteiger partial charge in [-0.1, -0.05) is 30.3 Å². The number of carbonyl (C=O) groups is 2. The topological polar surface area (TPSA) is 43.9 Å². The number of hydrogen-bond donors (Lipinski definition) is 0. The average Bonchev–Trinajstić information content (AvgIpc) is 3.55. The van der Waals surface area contributed by atoms with Gasteiger partial charge in [0.25, 0.3) is 0 Å². The van der Waals surface area contributed by atoms with E-state index in [0.717, 1.165) is 45.4 Å². The van der Waals surface area contributed by atoms with Crippen molar-refractivity contribution in [3.63, 3.8) is 0 Å². The summed E-state index contributed by atoms with van der Waals surface area (Å²) in [6.45, 7) is 3.86. The lowest BCUT2D eigenvalue weighted by Gasteiger charge is -2.50. The summed E-state index contributed by atoms with van der Waals surface area (Å²) in [6, 6.07) is 10.8. The van der Waals surface area contributed by atoms with E-state index in [0.29, 0.717) is 18.4 Å². The summed E-state index contributed by atoms with van der Waals surface area (Å²) >= 11 is 0. The Morgan fingerprint density at radius 1 is 1.14 bits per heavy atom. The fourth-order valence-electron chi connectivity index (χ4n) is 4.96. The molecule has 152 valence electrons. The molecular weight excluding hydrogens is 350 g/mol. The molecule has 0 radical (unpaired) electrons. The van der Waals surface area contributed by atoms with Gasteiger partial charge in [0.1, 0.15) is 0 Å². The van der Waals surface area contributed by atoms with E-state index in [4.69, 9.17) is 0 Å². The molecule has 28 heavy (non-hydrogen) atoms. The molecule has 1 unspecified atom stereocenters. The Kier molecular flexibility index (Phi) is 5.46. The molecule has 2 heterocycles. The van der Waals surface area contributed by atoms with Crippen LogP contribution in [0.5, 0.6) is 0 Å². The summed E-state index contributed by atoms with van der Waals surface area (Å²) in [4.78, 5) is 31.4. The van der Waals surface area contributed by atoms with Crippen LogP contribution in [-0.4, -0.2) is 72.8 Å². The lowest BCUT2D eigenvalue weighted by atomic mass is 9.67. The van der Waals surface area contributed by atoms with Crippen LogP contribution >= 0.6 is 0 Å². The first-order valence-corrected chi connectivity index (χ1v) is 10.8.